The van der Waals surface area contributed by atoms with Gasteiger partial charge in [-0.3, -0.25) is 9.59 Å². The fraction of sp³-hybridized carbons (Fsp3) is 0.200. The van der Waals surface area contributed by atoms with E-state index in [1.54, 1.807) is 23.9 Å². The van der Waals surface area contributed by atoms with Gasteiger partial charge in [-0.25, -0.2) is 0 Å². The highest BCUT2D eigenvalue weighted by Gasteiger charge is 2.19. The molecule has 0 unspecified atom stereocenters. The average Bonchev–Trinajstić information content (AvgIpc) is 2.99. The van der Waals surface area contributed by atoms with Crippen molar-refractivity contribution >= 4 is 51.3 Å². The summed E-state index contributed by atoms with van der Waals surface area (Å²) in [5, 5.41) is 12.1. The Labute approximate surface area is 121 Å². The number of carbonyl (C=O) groups is 2. The van der Waals surface area contributed by atoms with Crippen molar-refractivity contribution in [3.63, 3.8) is 0 Å². The molecule has 2 rings (SSSR count). The first kappa shape index (κ1) is 14.0. The van der Waals surface area contributed by atoms with Crippen LogP contribution in [0.25, 0.3) is 0 Å². The Morgan fingerprint density at radius 1 is 1.47 bits per heavy atom. The lowest BCUT2D eigenvalue weighted by Crippen LogP contribution is -2.23. The topological polar surface area (TPSA) is 98.0 Å². The molecule has 3 N–H and O–H groups in total. The second kappa shape index (κ2) is 6.13. The number of aromatic nitrogens is 2. The maximum Gasteiger partial charge on any atom is 0.251 e. The first-order valence-electron chi connectivity index (χ1n) is 5.19. The van der Waals surface area contributed by atoms with E-state index < -0.39 is 5.91 Å². The number of hydrogen-bond acceptors (Lipinski definition) is 7. The molecular formula is C10H10N4O2S3. The fourth-order valence-electron chi connectivity index (χ4n) is 1.23. The quantitative estimate of drug-likeness (QED) is 0.820. The van der Waals surface area contributed by atoms with E-state index in [-0.39, 0.29) is 11.2 Å². The summed E-state index contributed by atoms with van der Waals surface area (Å²) in [6.07, 6.45) is 0. The van der Waals surface area contributed by atoms with Crippen molar-refractivity contribution in [2.75, 3.05) is 5.32 Å². The van der Waals surface area contributed by atoms with Crippen molar-refractivity contribution in [1.29, 1.82) is 0 Å². The van der Waals surface area contributed by atoms with Crippen LogP contribution in [0.5, 0.6) is 0 Å². The molecule has 6 nitrogen and oxygen atoms in total. The Kier molecular flexibility index (Phi) is 4.51. The predicted molar refractivity (Wildman–Crippen MR) is 76.7 cm³/mol. The van der Waals surface area contributed by atoms with Crippen LogP contribution < -0.4 is 11.1 Å². The molecular weight excluding hydrogens is 304 g/mol. The summed E-state index contributed by atoms with van der Waals surface area (Å²) in [6.45, 7) is 1.76. The Morgan fingerprint density at radius 2 is 2.26 bits per heavy atom. The van der Waals surface area contributed by atoms with Gasteiger partial charge in [0.15, 0.2) is 4.34 Å². The van der Waals surface area contributed by atoms with Gasteiger partial charge in [0.25, 0.3) is 5.91 Å². The summed E-state index contributed by atoms with van der Waals surface area (Å²) in [6, 6.07) is 1.59. The van der Waals surface area contributed by atoms with Crippen molar-refractivity contribution in [2.24, 2.45) is 5.73 Å². The number of primary amides is 1. The Hall–Kier alpha value is -1.45. The average molecular weight is 314 g/mol. The summed E-state index contributed by atoms with van der Waals surface area (Å²) in [5.74, 6) is -0.758. The molecule has 2 amide bonds. The second-order valence-electron chi connectivity index (χ2n) is 3.48. The van der Waals surface area contributed by atoms with Crippen molar-refractivity contribution in [1.82, 2.24) is 10.2 Å². The van der Waals surface area contributed by atoms with E-state index >= 15 is 0 Å². The van der Waals surface area contributed by atoms with E-state index in [2.05, 4.69) is 15.5 Å². The van der Waals surface area contributed by atoms with Gasteiger partial charge in [-0.15, -0.1) is 21.5 Å². The summed E-state index contributed by atoms with van der Waals surface area (Å²) in [4.78, 5) is 23.1. The third-order valence-electron chi connectivity index (χ3n) is 2.15. The number of thiophene rings is 1. The van der Waals surface area contributed by atoms with E-state index in [4.69, 9.17) is 5.73 Å². The molecule has 0 fully saturated rings. The summed E-state index contributed by atoms with van der Waals surface area (Å²) in [7, 11) is 0. The highest BCUT2D eigenvalue weighted by Crippen LogP contribution is 2.27. The smallest absolute Gasteiger partial charge is 0.251 e. The lowest BCUT2D eigenvalue weighted by Gasteiger charge is -2.09. The van der Waals surface area contributed by atoms with Gasteiger partial charge in [-0.2, -0.15) is 0 Å². The standard InChI is InChI=1S/C10H10N4O2S3/c1-5(19-10-14-12-4-18-10)8(16)13-9-6(7(11)15)2-3-17-9/h2-5H,1H3,(H2,11,15)(H,13,16)/t5-/m1/s1. The van der Waals surface area contributed by atoms with Crippen LogP contribution in [-0.4, -0.2) is 27.3 Å². The van der Waals surface area contributed by atoms with Crippen LogP contribution in [0.4, 0.5) is 5.00 Å². The van der Waals surface area contributed by atoms with Gasteiger partial charge in [0.1, 0.15) is 10.5 Å². The molecule has 0 aromatic carbocycles. The lowest BCUT2D eigenvalue weighted by molar-refractivity contribution is -0.115. The molecule has 9 heteroatoms. The minimum absolute atomic E-state index is 0.204. The number of rotatable bonds is 5. The third kappa shape index (κ3) is 3.52. The number of thioether (sulfide) groups is 1. The monoisotopic (exact) mass is 314 g/mol. The zero-order chi connectivity index (χ0) is 13.8. The van der Waals surface area contributed by atoms with Crippen LogP contribution in [0.1, 0.15) is 17.3 Å². The van der Waals surface area contributed by atoms with E-state index in [1.807, 2.05) is 0 Å². The molecule has 1 atom stereocenters. The number of hydrogen-bond donors (Lipinski definition) is 2. The number of nitrogens with two attached hydrogens (primary N) is 1. The highest BCUT2D eigenvalue weighted by atomic mass is 32.2. The van der Waals surface area contributed by atoms with Gasteiger partial charge in [0.05, 0.1) is 10.8 Å². The molecule has 2 heterocycles. The number of nitrogens with zero attached hydrogens (tertiary/aromatic N) is 2. The first-order valence-corrected chi connectivity index (χ1v) is 7.83. The largest absolute Gasteiger partial charge is 0.366 e. The van der Waals surface area contributed by atoms with Crippen molar-refractivity contribution < 1.29 is 9.59 Å². The summed E-state index contributed by atoms with van der Waals surface area (Å²) >= 11 is 3.95. The van der Waals surface area contributed by atoms with E-state index in [0.29, 0.717) is 10.6 Å². The van der Waals surface area contributed by atoms with Crippen LogP contribution >= 0.6 is 34.4 Å². The number of anilines is 1. The minimum atomic E-state index is -0.555. The first-order chi connectivity index (χ1) is 9.08. The SMILES string of the molecule is C[C@@H](Sc1nncs1)C(=O)Nc1sccc1C(N)=O. The molecule has 0 spiro atoms. The summed E-state index contributed by atoms with van der Waals surface area (Å²) in [5.41, 5.74) is 7.15. The van der Waals surface area contributed by atoms with Crippen molar-refractivity contribution in [2.45, 2.75) is 16.5 Å². The fourth-order valence-corrected chi connectivity index (χ4v) is 3.65. The maximum atomic E-state index is 12.0. The molecule has 2 aromatic rings. The van der Waals surface area contributed by atoms with Crippen LogP contribution in [-0.2, 0) is 4.79 Å². The van der Waals surface area contributed by atoms with Crippen LogP contribution in [0.2, 0.25) is 0 Å². The zero-order valence-electron chi connectivity index (χ0n) is 9.82. The normalized spacial score (nSPS) is 12.1. The minimum Gasteiger partial charge on any atom is -0.366 e. The van der Waals surface area contributed by atoms with E-state index in [0.717, 1.165) is 4.34 Å². The Morgan fingerprint density at radius 3 is 2.89 bits per heavy atom. The van der Waals surface area contributed by atoms with Gasteiger partial charge in [0, 0.05) is 0 Å². The Balaban J connectivity index is 2.00. The molecule has 2 aromatic heterocycles. The molecule has 0 saturated carbocycles. The third-order valence-corrected chi connectivity index (χ3v) is 4.90. The van der Waals surface area contributed by atoms with Crippen molar-refractivity contribution in [3.05, 3.63) is 22.5 Å². The van der Waals surface area contributed by atoms with Crippen LogP contribution in [0.15, 0.2) is 21.3 Å². The molecule has 0 aliphatic carbocycles. The van der Waals surface area contributed by atoms with Gasteiger partial charge >= 0.3 is 0 Å². The lowest BCUT2D eigenvalue weighted by atomic mass is 10.3. The predicted octanol–water partition coefficient (Wildman–Crippen LogP) is 1.82. The molecule has 0 aliphatic heterocycles. The van der Waals surface area contributed by atoms with Crippen LogP contribution in [0, 0.1) is 0 Å². The molecule has 0 aliphatic rings. The van der Waals surface area contributed by atoms with E-state index in [1.165, 1.54) is 34.4 Å². The molecule has 100 valence electrons. The highest BCUT2D eigenvalue weighted by molar-refractivity contribution is 8.02. The van der Waals surface area contributed by atoms with Gasteiger partial charge in [-0.1, -0.05) is 23.1 Å². The van der Waals surface area contributed by atoms with Gasteiger partial charge in [0.2, 0.25) is 5.91 Å². The zero-order valence-corrected chi connectivity index (χ0v) is 12.3. The maximum absolute atomic E-state index is 12.0. The number of amides is 2. The second-order valence-corrected chi connectivity index (χ2v) is 6.82. The molecule has 0 saturated heterocycles. The summed E-state index contributed by atoms with van der Waals surface area (Å²) < 4.78 is 0.726. The number of carbonyl (C=O) groups excluding carboxylic acids is 2. The Bertz CT molecular complexity index is 581. The van der Waals surface area contributed by atoms with Gasteiger partial charge < -0.3 is 11.1 Å². The van der Waals surface area contributed by atoms with Crippen molar-refractivity contribution in [3.8, 4) is 0 Å². The van der Waals surface area contributed by atoms with E-state index in [9.17, 15) is 9.59 Å². The molecule has 0 radical (unpaired) electrons. The number of nitrogens with one attached hydrogen (secondary N) is 1. The molecule has 0 bridgehead atoms. The molecule has 19 heavy (non-hydrogen) atoms. The van der Waals surface area contributed by atoms with Gasteiger partial charge in [-0.05, 0) is 18.4 Å². The van der Waals surface area contributed by atoms with Crippen LogP contribution in [0.3, 0.4) is 0 Å².